The van der Waals surface area contributed by atoms with Crippen LogP contribution in [-0.2, 0) is 5.75 Å². The molecule has 9 heteroatoms. The van der Waals surface area contributed by atoms with Crippen LogP contribution >= 0.6 is 11.8 Å². The van der Waals surface area contributed by atoms with E-state index in [2.05, 4.69) is 16.3 Å². The number of benzene rings is 3. The highest BCUT2D eigenvalue weighted by atomic mass is 32.2. The Hall–Kier alpha value is -4.16. The Bertz CT molecular complexity index is 1500. The van der Waals surface area contributed by atoms with Crippen molar-refractivity contribution in [1.82, 2.24) is 10.2 Å². The Kier molecular flexibility index (Phi) is 4.61. The molecule has 0 aliphatic carbocycles. The molecule has 5 aromatic rings. The summed E-state index contributed by atoms with van der Waals surface area (Å²) in [6.07, 6.45) is 0. The molecule has 0 atom stereocenters. The lowest BCUT2D eigenvalue weighted by Crippen LogP contribution is -1.86. The van der Waals surface area contributed by atoms with Gasteiger partial charge in [0.15, 0.2) is 0 Å². The number of hydrogen-bond acceptors (Lipinski definition) is 8. The minimum atomic E-state index is -0.435. The van der Waals surface area contributed by atoms with Crippen LogP contribution in [0.15, 0.2) is 74.7 Å². The zero-order valence-corrected chi connectivity index (χ0v) is 16.6. The van der Waals surface area contributed by atoms with Gasteiger partial charge >= 0.3 is 0 Å². The summed E-state index contributed by atoms with van der Waals surface area (Å²) >= 11 is 1.38. The number of rotatable bonds is 5. The van der Waals surface area contributed by atoms with Crippen molar-refractivity contribution >= 4 is 39.4 Å². The Balaban J connectivity index is 1.43. The van der Waals surface area contributed by atoms with Crippen LogP contribution in [0.3, 0.4) is 0 Å². The van der Waals surface area contributed by atoms with Gasteiger partial charge in [-0.1, -0.05) is 23.9 Å². The summed E-state index contributed by atoms with van der Waals surface area (Å²) in [5.74, 6) is 0.932. The first-order chi connectivity index (χ1) is 15.1. The molecule has 0 saturated carbocycles. The van der Waals surface area contributed by atoms with Crippen LogP contribution in [0.4, 0.5) is 5.69 Å². The highest BCUT2D eigenvalue weighted by Crippen LogP contribution is 2.34. The lowest BCUT2D eigenvalue weighted by atomic mass is 10.1. The van der Waals surface area contributed by atoms with Crippen LogP contribution in [0.5, 0.6) is 0 Å². The third-order valence-corrected chi connectivity index (χ3v) is 5.63. The van der Waals surface area contributed by atoms with E-state index in [0.29, 0.717) is 44.5 Å². The predicted molar refractivity (Wildman–Crippen MR) is 114 cm³/mol. The molecule has 0 radical (unpaired) electrons. The molecule has 8 nitrogen and oxygen atoms in total. The van der Waals surface area contributed by atoms with Crippen molar-refractivity contribution in [2.24, 2.45) is 0 Å². The maximum absolute atomic E-state index is 11.1. The molecular formula is C22H12N4O4S. The second kappa shape index (κ2) is 7.59. The summed E-state index contributed by atoms with van der Waals surface area (Å²) in [6, 6.07) is 19.4. The predicted octanol–water partition coefficient (Wildman–Crippen LogP) is 5.71. The molecule has 0 N–H and O–H groups in total. The van der Waals surface area contributed by atoms with Gasteiger partial charge in [0.25, 0.3) is 10.9 Å². The fourth-order valence-corrected chi connectivity index (χ4v) is 3.98. The van der Waals surface area contributed by atoms with E-state index < -0.39 is 4.92 Å². The van der Waals surface area contributed by atoms with Crippen molar-refractivity contribution in [3.8, 4) is 17.5 Å². The third kappa shape index (κ3) is 3.60. The highest BCUT2D eigenvalue weighted by Gasteiger charge is 2.15. The van der Waals surface area contributed by atoms with Gasteiger partial charge in [0.05, 0.1) is 16.6 Å². The van der Waals surface area contributed by atoms with Gasteiger partial charge in [-0.3, -0.25) is 10.1 Å². The zero-order chi connectivity index (χ0) is 21.4. The molecule has 0 saturated heterocycles. The number of nitrogens with zero attached hydrogens (tertiary/aromatic N) is 4. The van der Waals surface area contributed by atoms with Crippen molar-refractivity contribution < 1.29 is 13.8 Å². The number of furan rings is 1. The minimum absolute atomic E-state index is 0.00227. The first kappa shape index (κ1) is 18.8. The average molecular weight is 428 g/mol. The smallest absolute Gasteiger partial charge is 0.277 e. The summed E-state index contributed by atoms with van der Waals surface area (Å²) in [5.41, 5.74) is 3.46. The maximum Gasteiger partial charge on any atom is 0.277 e. The molecule has 0 amide bonds. The van der Waals surface area contributed by atoms with Gasteiger partial charge in [0, 0.05) is 34.2 Å². The molecular weight excluding hydrogens is 416 g/mol. The number of nitro groups is 1. The molecule has 0 unspecified atom stereocenters. The molecule has 0 fully saturated rings. The molecule has 0 aliphatic rings. The number of fused-ring (bicyclic) bond motifs is 3. The zero-order valence-electron chi connectivity index (χ0n) is 15.8. The van der Waals surface area contributed by atoms with Crippen molar-refractivity contribution in [2.75, 3.05) is 0 Å². The summed E-state index contributed by atoms with van der Waals surface area (Å²) in [4.78, 5) is 10.7. The summed E-state index contributed by atoms with van der Waals surface area (Å²) in [6.45, 7) is 0. The van der Waals surface area contributed by atoms with E-state index in [0.717, 1.165) is 10.9 Å². The van der Waals surface area contributed by atoms with Crippen LogP contribution in [0.25, 0.3) is 33.4 Å². The van der Waals surface area contributed by atoms with E-state index in [9.17, 15) is 10.1 Å². The Morgan fingerprint density at radius 1 is 1.00 bits per heavy atom. The van der Waals surface area contributed by atoms with Crippen molar-refractivity contribution in [2.45, 2.75) is 11.0 Å². The molecule has 2 heterocycles. The quantitative estimate of drug-likeness (QED) is 0.198. The first-order valence-electron chi connectivity index (χ1n) is 9.17. The summed E-state index contributed by atoms with van der Waals surface area (Å²) < 4.78 is 11.6. The number of hydrogen-bond donors (Lipinski definition) is 0. The van der Waals surface area contributed by atoms with Crippen LogP contribution in [0.1, 0.15) is 11.1 Å². The van der Waals surface area contributed by atoms with E-state index in [-0.39, 0.29) is 5.69 Å². The fraction of sp³-hybridized carbons (Fsp3) is 0.0455. The fourth-order valence-electron chi connectivity index (χ4n) is 3.27. The molecule has 31 heavy (non-hydrogen) atoms. The van der Waals surface area contributed by atoms with E-state index in [4.69, 9.17) is 14.1 Å². The van der Waals surface area contributed by atoms with Gasteiger partial charge in [-0.05, 0) is 42.0 Å². The second-order valence-corrected chi connectivity index (χ2v) is 7.65. The van der Waals surface area contributed by atoms with Crippen LogP contribution < -0.4 is 0 Å². The standard InChI is InChI=1S/C22H12N4O4S/c23-11-13-2-1-3-14(8-13)12-31-22-25-24-21(30-22)15-4-6-19-17(9-15)18-10-16(26(27)28)5-7-20(18)29-19/h1-10H,12H2. The number of thioether (sulfide) groups is 1. The topological polar surface area (TPSA) is 119 Å². The van der Waals surface area contributed by atoms with E-state index in [1.54, 1.807) is 24.3 Å². The molecule has 0 aliphatic heterocycles. The SMILES string of the molecule is N#Cc1cccc(CSc2nnc(-c3ccc4oc5ccc([N+](=O)[O-])cc5c4c3)o2)c1. The van der Waals surface area contributed by atoms with Crippen molar-refractivity contribution in [3.05, 3.63) is 81.9 Å². The molecule has 0 bridgehead atoms. The van der Waals surface area contributed by atoms with Gasteiger partial charge in [0.2, 0.25) is 5.89 Å². The lowest BCUT2D eigenvalue weighted by molar-refractivity contribution is -0.384. The highest BCUT2D eigenvalue weighted by molar-refractivity contribution is 7.98. The Morgan fingerprint density at radius 2 is 1.81 bits per heavy atom. The number of aromatic nitrogens is 2. The maximum atomic E-state index is 11.1. The Labute approximate surface area is 179 Å². The van der Waals surface area contributed by atoms with Gasteiger partial charge in [-0.15, -0.1) is 10.2 Å². The third-order valence-electron chi connectivity index (χ3n) is 4.74. The normalized spacial score (nSPS) is 11.1. The molecule has 2 aromatic heterocycles. The second-order valence-electron chi connectivity index (χ2n) is 6.72. The van der Waals surface area contributed by atoms with Crippen LogP contribution in [0.2, 0.25) is 0 Å². The number of non-ortho nitro benzene ring substituents is 1. The van der Waals surface area contributed by atoms with Gasteiger partial charge in [0.1, 0.15) is 11.2 Å². The lowest BCUT2D eigenvalue weighted by Gasteiger charge is -1.98. The number of nitro benzene ring substituents is 1. The van der Waals surface area contributed by atoms with E-state index in [1.165, 1.54) is 23.9 Å². The van der Waals surface area contributed by atoms with Crippen molar-refractivity contribution in [1.29, 1.82) is 5.26 Å². The Morgan fingerprint density at radius 3 is 2.61 bits per heavy atom. The van der Waals surface area contributed by atoms with E-state index >= 15 is 0 Å². The van der Waals surface area contributed by atoms with E-state index in [1.807, 2.05) is 24.3 Å². The summed E-state index contributed by atoms with van der Waals surface area (Å²) in [7, 11) is 0. The van der Waals surface area contributed by atoms with Gasteiger partial charge < -0.3 is 8.83 Å². The molecule has 150 valence electrons. The summed E-state index contributed by atoms with van der Waals surface area (Å²) in [5, 5.41) is 30.1. The molecule has 5 rings (SSSR count). The van der Waals surface area contributed by atoms with Gasteiger partial charge in [-0.25, -0.2) is 0 Å². The van der Waals surface area contributed by atoms with Crippen molar-refractivity contribution in [3.63, 3.8) is 0 Å². The largest absolute Gasteiger partial charge is 0.456 e. The van der Waals surface area contributed by atoms with Crippen LogP contribution in [0, 0.1) is 21.4 Å². The monoisotopic (exact) mass is 428 g/mol. The molecule has 3 aromatic carbocycles. The molecule has 0 spiro atoms. The van der Waals surface area contributed by atoms with Crippen LogP contribution in [-0.4, -0.2) is 15.1 Å². The van der Waals surface area contributed by atoms with Gasteiger partial charge in [-0.2, -0.15) is 5.26 Å². The number of nitriles is 1. The first-order valence-corrected chi connectivity index (χ1v) is 10.2. The average Bonchev–Trinajstić information content (AvgIpc) is 3.41. The minimum Gasteiger partial charge on any atom is -0.456 e.